The van der Waals surface area contributed by atoms with Crippen molar-refractivity contribution in [3.63, 3.8) is 0 Å². The number of benzene rings is 2. The molecule has 1 amide bonds. The van der Waals surface area contributed by atoms with Crippen LogP contribution in [0.4, 0.5) is 5.69 Å². The molecule has 2 fully saturated rings. The number of anilines is 1. The van der Waals surface area contributed by atoms with Crippen LogP contribution in [0, 0.1) is 0 Å². The number of halogens is 1. The highest BCUT2D eigenvalue weighted by Crippen LogP contribution is 2.43. The normalized spacial score (nSPS) is 23.1. The predicted octanol–water partition coefficient (Wildman–Crippen LogP) is 4.25. The van der Waals surface area contributed by atoms with Gasteiger partial charge in [0.15, 0.2) is 0 Å². The van der Waals surface area contributed by atoms with E-state index in [0.29, 0.717) is 11.6 Å². The molecule has 2 aromatic carbocycles. The van der Waals surface area contributed by atoms with Gasteiger partial charge in [0.05, 0.1) is 12.6 Å². The lowest BCUT2D eigenvalue weighted by molar-refractivity contribution is -0.119. The van der Waals surface area contributed by atoms with Crippen LogP contribution in [0.5, 0.6) is 5.75 Å². The first kappa shape index (κ1) is 16.4. The van der Waals surface area contributed by atoms with Crippen LogP contribution in [-0.2, 0) is 4.79 Å². The van der Waals surface area contributed by atoms with Crippen LogP contribution in [-0.4, -0.2) is 30.0 Å². The van der Waals surface area contributed by atoms with Crippen LogP contribution < -0.4 is 9.64 Å². The molecular weight excluding hydrogens is 336 g/mol. The van der Waals surface area contributed by atoms with Crippen molar-refractivity contribution in [2.45, 2.75) is 32.0 Å². The molecule has 0 aromatic heterocycles. The lowest BCUT2D eigenvalue weighted by atomic mass is 10.1. The van der Waals surface area contributed by atoms with Crippen LogP contribution >= 0.6 is 11.6 Å². The number of fused-ring (bicyclic) bond motifs is 1. The molecule has 2 unspecified atom stereocenters. The molecule has 0 saturated carbocycles. The molecule has 25 heavy (non-hydrogen) atoms. The molecule has 0 bridgehead atoms. The Morgan fingerprint density at radius 2 is 2.00 bits per heavy atom. The first-order chi connectivity index (χ1) is 12.2. The van der Waals surface area contributed by atoms with E-state index in [0.717, 1.165) is 36.4 Å². The summed E-state index contributed by atoms with van der Waals surface area (Å²) in [5.41, 5.74) is 1.95. The van der Waals surface area contributed by atoms with Crippen LogP contribution in [0.2, 0.25) is 5.02 Å². The van der Waals surface area contributed by atoms with Crippen molar-refractivity contribution in [2.75, 3.05) is 18.1 Å². The van der Waals surface area contributed by atoms with E-state index in [-0.39, 0.29) is 18.1 Å². The number of rotatable bonds is 4. The molecule has 130 valence electrons. The molecule has 0 spiro atoms. The molecule has 2 heterocycles. The van der Waals surface area contributed by atoms with Crippen LogP contribution in [0.1, 0.15) is 31.5 Å². The summed E-state index contributed by atoms with van der Waals surface area (Å²) in [4.78, 5) is 17.3. The van der Waals surface area contributed by atoms with Crippen LogP contribution in [0.25, 0.3) is 0 Å². The Morgan fingerprint density at radius 1 is 1.20 bits per heavy atom. The fourth-order valence-electron chi connectivity index (χ4n) is 3.91. The summed E-state index contributed by atoms with van der Waals surface area (Å²) in [7, 11) is 0. The third kappa shape index (κ3) is 2.90. The number of nitrogens with zero attached hydrogens (tertiary/aromatic N) is 2. The van der Waals surface area contributed by atoms with E-state index in [1.165, 1.54) is 0 Å². The first-order valence-corrected chi connectivity index (χ1v) is 9.14. The smallest absolute Gasteiger partial charge is 0.246 e. The number of carbonyl (C=O) groups excluding carboxylic acids is 1. The van der Waals surface area contributed by atoms with Gasteiger partial charge in [-0.2, -0.15) is 0 Å². The maximum absolute atomic E-state index is 13.1. The van der Waals surface area contributed by atoms with Crippen molar-refractivity contribution in [1.82, 2.24) is 4.90 Å². The Kier molecular flexibility index (Phi) is 4.40. The maximum atomic E-state index is 13.1. The quantitative estimate of drug-likeness (QED) is 0.821. The Balaban J connectivity index is 1.74. The zero-order valence-electron chi connectivity index (χ0n) is 14.2. The molecule has 2 saturated heterocycles. The molecule has 0 aliphatic carbocycles. The monoisotopic (exact) mass is 356 g/mol. The highest BCUT2D eigenvalue weighted by molar-refractivity contribution is 6.31. The molecule has 0 N–H and O–H groups in total. The second-order valence-corrected chi connectivity index (χ2v) is 6.90. The minimum Gasteiger partial charge on any atom is -0.494 e. The van der Waals surface area contributed by atoms with Crippen molar-refractivity contribution in [1.29, 1.82) is 0 Å². The van der Waals surface area contributed by atoms with Gasteiger partial charge in [-0.1, -0.05) is 29.8 Å². The van der Waals surface area contributed by atoms with Crippen LogP contribution in [0.15, 0.2) is 48.5 Å². The fourth-order valence-corrected chi connectivity index (χ4v) is 4.10. The predicted molar refractivity (Wildman–Crippen MR) is 99.0 cm³/mol. The van der Waals surface area contributed by atoms with Crippen molar-refractivity contribution in [3.8, 4) is 5.75 Å². The Morgan fingerprint density at radius 3 is 2.72 bits per heavy atom. The van der Waals surface area contributed by atoms with Gasteiger partial charge in [0, 0.05) is 17.3 Å². The average molecular weight is 357 g/mol. The highest BCUT2D eigenvalue weighted by atomic mass is 35.5. The van der Waals surface area contributed by atoms with E-state index in [1.807, 2.05) is 48.2 Å². The Labute approximate surface area is 152 Å². The van der Waals surface area contributed by atoms with Crippen molar-refractivity contribution >= 4 is 23.2 Å². The van der Waals surface area contributed by atoms with E-state index < -0.39 is 0 Å². The molecule has 4 nitrogen and oxygen atoms in total. The number of hydrogen-bond donors (Lipinski definition) is 0. The zero-order chi connectivity index (χ0) is 17.4. The molecule has 0 radical (unpaired) electrons. The molecule has 2 atom stereocenters. The lowest BCUT2D eigenvalue weighted by Crippen LogP contribution is -2.32. The summed E-state index contributed by atoms with van der Waals surface area (Å²) in [6.45, 7) is 3.55. The van der Waals surface area contributed by atoms with Gasteiger partial charge in [0.2, 0.25) is 5.91 Å². The van der Waals surface area contributed by atoms with Crippen molar-refractivity contribution in [3.05, 3.63) is 59.1 Å². The van der Waals surface area contributed by atoms with Gasteiger partial charge in [0.25, 0.3) is 0 Å². The van der Waals surface area contributed by atoms with E-state index >= 15 is 0 Å². The highest BCUT2D eigenvalue weighted by Gasteiger charge is 2.49. The largest absolute Gasteiger partial charge is 0.494 e. The van der Waals surface area contributed by atoms with E-state index in [9.17, 15) is 4.79 Å². The van der Waals surface area contributed by atoms with Gasteiger partial charge < -0.3 is 4.74 Å². The molecule has 4 rings (SSSR count). The second kappa shape index (κ2) is 6.70. The SMILES string of the molecule is CCOc1ccc(C2N(c3cccc(Cl)c3)C(=O)C3CCCN32)cc1. The standard InChI is InChI=1S/C20H21ClN2O2/c1-2-25-17-10-8-14(9-11-17)19-22-12-4-7-18(22)20(24)23(19)16-6-3-5-15(21)13-16/h3,5-6,8-11,13,18-19H,2,4,7,12H2,1H3. The van der Waals surface area contributed by atoms with Gasteiger partial charge in [-0.25, -0.2) is 0 Å². The number of carbonyl (C=O) groups is 1. The van der Waals surface area contributed by atoms with Gasteiger partial charge in [-0.3, -0.25) is 14.6 Å². The number of ether oxygens (including phenoxy) is 1. The summed E-state index contributed by atoms with van der Waals surface area (Å²) in [5.74, 6) is 1.02. The second-order valence-electron chi connectivity index (χ2n) is 6.46. The fraction of sp³-hybridized carbons (Fsp3) is 0.350. The lowest BCUT2D eigenvalue weighted by Gasteiger charge is -2.30. The summed E-state index contributed by atoms with van der Waals surface area (Å²) in [6, 6.07) is 15.6. The van der Waals surface area contributed by atoms with E-state index in [4.69, 9.17) is 16.3 Å². The van der Waals surface area contributed by atoms with Gasteiger partial charge in [0.1, 0.15) is 11.9 Å². The Bertz CT molecular complexity index is 778. The Hall–Kier alpha value is -2.04. The zero-order valence-corrected chi connectivity index (χ0v) is 14.9. The van der Waals surface area contributed by atoms with E-state index in [2.05, 4.69) is 17.0 Å². The average Bonchev–Trinajstić information content (AvgIpc) is 3.18. The van der Waals surface area contributed by atoms with E-state index in [1.54, 1.807) is 0 Å². The minimum absolute atomic E-state index is 0.0319. The maximum Gasteiger partial charge on any atom is 0.246 e. The molecule has 2 aliphatic rings. The summed E-state index contributed by atoms with van der Waals surface area (Å²) < 4.78 is 5.55. The molecular formula is C20H21ClN2O2. The summed E-state index contributed by atoms with van der Waals surface area (Å²) in [6.07, 6.45) is 1.89. The van der Waals surface area contributed by atoms with Gasteiger partial charge in [-0.15, -0.1) is 0 Å². The van der Waals surface area contributed by atoms with Gasteiger partial charge >= 0.3 is 0 Å². The number of amides is 1. The summed E-state index contributed by atoms with van der Waals surface area (Å²) >= 11 is 6.17. The first-order valence-electron chi connectivity index (χ1n) is 8.76. The molecule has 2 aliphatic heterocycles. The van der Waals surface area contributed by atoms with Crippen molar-refractivity contribution in [2.24, 2.45) is 0 Å². The number of hydrogen-bond acceptors (Lipinski definition) is 3. The summed E-state index contributed by atoms with van der Waals surface area (Å²) in [5, 5.41) is 0.641. The topological polar surface area (TPSA) is 32.8 Å². The third-order valence-electron chi connectivity index (χ3n) is 4.95. The van der Waals surface area contributed by atoms with Crippen LogP contribution in [0.3, 0.4) is 0 Å². The molecule has 2 aromatic rings. The minimum atomic E-state index is -0.0888. The van der Waals surface area contributed by atoms with Crippen molar-refractivity contribution < 1.29 is 9.53 Å². The van der Waals surface area contributed by atoms with Gasteiger partial charge in [-0.05, 0) is 55.7 Å². The molecule has 5 heteroatoms. The third-order valence-corrected chi connectivity index (χ3v) is 5.19.